The predicted octanol–water partition coefficient (Wildman–Crippen LogP) is 4.79. The first-order valence-corrected chi connectivity index (χ1v) is 7.18. The number of rotatable bonds is 3. The van der Waals surface area contributed by atoms with E-state index in [0.717, 1.165) is 27.0 Å². The smallest absolute Gasteiger partial charge is 0.106 e. The number of halogens is 2. The molecular weight excluding hydrogens is 344 g/mol. The number of thiocarbonyl (C=S) groups is 1. The van der Waals surface area contributed by atoms with E-state index >= 15 is 0 Å². The van der Waals surface area contributed by atoms with Gasteiger partial charge in [-0.05, 0) is 48.9 Å². The Morgan fingerprint density at radius 2 is 1.95 bits per heavy atom. The highest BCUT2D eigenvalue weighted by Gasteiger charge is 2.08. The first kappa shape index (κ1) is 14.3. The molecule has 2 nitrogen and oxygen atoms in total. The largest absolute Gasteiger partial charge is 0.389 e. The maximum absolute atomic E-state index is 6.02. The summed E-state index contributed by atoms with van der Waals surface area (Å²) in [5, 5.41) is 3.95. The molecule has 0 spiro atoms. The summed E-state index contributed by atoms with van der Waals surface area (Å²) in [6.07, 6.45) is 0. The zero-order valence-corrected chi connectivity index (χ0v) is 13.4. The maximum atomic E-state index is 6.02. The number of hydrogen-bond donors (Lipinski definition) is 2. The van der Waals surface area contributed by atoms with Gasteiger partial charge in [0.1, 0.15) is 4.99 Å². The summed E-state index contributed by atoms with van der Waals surface area (Å²) in [5.41, 5.74) is 9.41. The summed E-state index contributed by atoms with van der Waals surface area (Å²) >= 11 is 14.5. The molecule has 19 heavy (non-hydrogen) atoms. The standard InChI is InChI=1S/C14H12BrClN2S/c1-8-6-9(15)2-5-12(8)18-13-7-10(16)3-4-11(13)14(17)19/h2-7,18H,1H3,(H2,17,19). The van der Waals surface area contributed by atoms with Gasteiger partial charge in [0.15, 0.2) is 0 Å². The zero-order valence-electron chi connectivity index (χ0n) is 10.2. The minimum Gasteiger partial charge on any atom is -0.389 e. The first-order valence-electron chi connectivity index (χ1n) is 5.60. The molecule has 0 saturated heterocycles. The number of nitrogens with one attached hydrogen (secondary N) is 1. The van der Waals surface area contributed by atoms with Crippen LogP contribution in [0.2, 0.25) is 5.02 Å². The molecule has 5 heteroatoms. The highest BCUT2D eigenvalue weighted by atomic mass is 79.9. The lowest BCUT2D eigenvalue weighted by Gasteiger charge is -2.14. The van der Waals surface area contributed by atoms with Gasteiger partial charge in [-0.15, -0.1) is 0 Å². The number of aryl methyl sites for hydroxylation is 1. The number of hydrogen-bond acceptors (Lipinski definition) is 2. The highest BCUT2D eigenvalue weighted by Crippen LogP contribution is 2.28. The average molecular weight is 356 g/mol. The van der Waals surface area contributed by atoms with E-state index in [9.17, 15) is 0 Å². The van der Waals surface area contributed by atoms with Crippen molar-refractivity contribution in [2.45, 2.75) is 6.92 Å². The van der Waals surface area contributed by atoms with Crippen LogP contribution in [0.5, 0.6) is 0 Å². The van der Waals surface area contributed by atoms with Gasteiger partial charge in [-0.2, -0.15) is 0 Å². The van der Waals surface area contributed by atoms with E-state index < -0.39 is 0 Å². The Morgan fingerprint density at radius 1 is 1.21 bits per heavy atom. The molecule has 0 aliphatic heterocycles. The predicted molar refractivity (Wildman–Crippen MR) is 89.5 cm³/mol. The average Bonchev–Trinajstić information content (AvgIpc) is 2.32. The highest BCUT2D eigenvalue weighted by molar-refractivity contribution is 9.10. The van der Waals surface area contributed by atoms with Crippen molar-refractivity contribution < 1.29 is 0 Å². The minimum atomic E-state index is 0.342. The van der Waals surface area contributed by atoms with Crippen LogP contribution in [-0.4, -0.2) is 4.99 Å². The van der Waals surface area contributed by atoms with Crippen molar-refractivity contribution in [1.29, 1.82) is 0 Å². The Morgan fingerprint density at radius 3 is 2.58 bits per heavy atom. The molecule has 0 fully saturated rings. The molecule has 2 aromatic rings. The molecule has 3 N–H and O–H groups in total. The van der Waals surface area contributed by atoms with Crippen LogP contribution < -0.4 is 11.1 Å². The second-order valence-electron chi connectivity index (χ2n) is 4.14. The van der Waals surface area contributed by atoms with Crippen molar-refractivity contribution in [2.24, 2.45) is 5.73 Å². The van der Waals surface area contributed by atoms with Gasteiger partial charge in [-0.1, -0.05) is 39.7 Å². The van der Waals surface area contributed by atoms with E-state index in [1.807, 2.05) is 37.3 Å². The van der Waals surface area contributed by atoms with Gasteiger partial charge in [-0.3, -0.25) is 0 Å². The van der Waals surface area contributed by atoms with Crippen molar-refractivity contribution in [3.05, 3.63) is 57.0 Å². The lowest BCUT2D eigenvalue weighted by molar-refractivity contribution is 1.41. The van der Waals surface area contributed by atoms with Crippen LogP contribution in [0, 0.1) is 6.92 Å². The monoisotopic (exact) mass is 354 g/mol. The summed E-state index contributed by atoms with van der Waals surface area (Å²) in [5.74, 6) is 0. The third kappa shape index (κ3) is 3.47. The molecule has 0 heterocycles. The van der Waals surface area contributed by atoms with E-state index in [2.05, 4.69) is 21.2 Å². The second-order valence-corrected chi connectivity index (χ2v) is 5.93. The Kier molecular flexibility index (Phi) is 4.45. The molecule has 0 aliphatic rings. The van der Waals surface area contributed by atoms with E-state index in [1.165, 1.54) is 0 Å². The Labute approximate surface area is 131 Å². The van der Waals surface area contributed by atoms with Crippen LogP contribution >= 0.6 is 39.7 Å². The van der Waals surface area contributed by atoms with Gasteiger partial charge in [0, 0.05) is 20.7 Å². The molecule has 0 aromatic heterocycles. The molecule has 2 aromatic carbocycles. The SMILES string of the molecule is Cc1cc(Br)ccc1Nc1cc(Cl)ccc1C(N)=S. The number of benzene rings is 2. The summed E-state index contributed by atoms with van der Waals surface area (Å²) in [4.78, 5) is 0.342. The van der Waals surface area contributed by atoms with Gasteiger partial charge in [0.25, 0.3) is 0 Å². The third-order valence-corrected chi connectivity index (χ3v) is 3.65. The van der Waals surface area contributed by atoms with E-state index in [4.69, 9.17) is 29.6 Å². The lowest BCUT2D eigenvalue weighted by Crippen LogP contribution is -2.12. The van der Waals surface area contributed by atoms with Gasteiger partial charge in [0.2, 0.25) is 0 Å². The first-order chi connectivity index (χ1) is 8.97. The number of anilines is 2. The molecule has 2 rings (SSSR count). The topological polar surface area (TPSA) is 38.0 Å². The summed E-state index contributed by atoms with van der Waals surface area (Å²) in [7, 11) is 0. The van der Waals surface area contributed by atoms with Crippen molar-refractivity contribution in [3.63, 3.8) is 0 Å². The zero-order chi connectivity index (χ0) is 14.0. The molecule has 0 atom stereocenters. The second kappa shape index (κ2) is 5.90. The fourth-order valence-electron chi connectivity index (χ4n) is 1.75. The fraction of sp³-hybridized carbons (Fsp3) is 0.0714. The Bertz CT molecular complexity index is 643. The van der Waals surface area contributed by atoms with Crippen LogP contribution in [0.15, 0.2) is 40.9 Å². The Balaban J connectivity index is 2.42. The molecule has 0 aliphatic carbocycles. The Hall–Kier alpha value is -1.10. The molecule has 98 valence electrons. The maximum Gasteiger partial charge on any atom is 0.106 e. The van der Waals surface area contributed by atoms with E-state index in [-0.39, 0.29) is 0 Å². The molecule has 0 bridgehead atoms. The van der Waals surface area contributed by atoms with E-state index in [0.29, 0.717) is 10.0 Å². The normalized spacial score (nSPS) is 10.3. The molecule has 0 saturated carbocycles. The lowest BCUT2D eigenvalue weighted by atomic mass is 10.1. The van der Waals surface area contributed by atoms with E-state index in [1.54, 1.807) is 6.07 Å². The van der Waals surface area contributed by atoms with Crippen molar-refractivity contribution in [1.82, 2.24) is 0 Å². The van der Waals surface area contributed by atoms with Crippen LogP contribution in [-0.2, 0) is 0 Å². The number of nitrogens with two attached hydrogens (primary N) is 1. The fourth-order valence-corrected chi connectivity index (χ4v) is 2.57. The van der Waals surface area contributed by atoms with Crippen molar-refractivity contribution in [2.75, 3.05) is 5.32 Å². The molecular formula is C14H12BrClN2S. The molecule has 0 radical (unpaired) electrons. The van der Waals surface area contributed by atoms with Gasteiger partial charge < -0.3 is 11.1 Å². The van der Waals surface area contributed by atoms with Crippen molar-refractivity contribution in [3.8, 4) is 0 Å². The van der Waals surface area contributed by atoms with Crippen LogP contribution in [0.1, 0.15) is 11.1 Å². The van der Waals surface area contributed by atoms with Crippen LogP contribution in [0.3, 0.4) is 0 Å². The quantitative estimate of drug-likeness (QED) is 0.778. The summed E-state index contributed by atoms with van der Waals surface area (Å²) in [6.45, 7) is 2.03. The van der Waals surface area contributed by atoms with Crippen molar-refractivity contribution >= 4 is 56.1 Å². The van der Waals surface area contributed by atoms with Gasteiger partial charge in [0.05, 0.1) is 5.69 Å². The minimum absolute atomic E-state index is 0.342. The van der Waals surface area contributed by atoms with Gasteiger partial charge in [-0.25, -0.2) is 0 Å². The van der Waals surface area contributed by atoms with Crippen LogP contribution in [0.25, 0.3) is 0 Å². The third-order valence-electron chi connectivity index (χ3n) is 2.70. The van der Waals surface area contributed by atoms with Gasteiger partial charge >= 0.3 is 0 Å². The van der Waals surface area contributed by atoms with Crippen LogP contribution in [0.4, 0.5) is 11.4 Å². The summed E-state index contributed by atoms with van der Waals surface area (Å²) in [6, 6.07) is 11.4. The molecule has 0 unspecified atom stereocenters. The summed E-state index contributed by atoms with van der Waals surface area (Å²) < 4.78 is 1.04. The molecule has 0 amide bonds.